The van der Waals surface area contributed by atoms with Crippen LogP contribution >= 0.6 is 0 Å². The van der Waals surface area contributed by atoms with Gasteiger partial charge < -0.3 is 15.4 Å². The molecule has 4 heteroatoms. The first kappa shape index (κ1) is 13.0. The van der Waals surface area contributed by atoms with E-state index in [1.807, 2.05) is 30.3 Å². The highest BCUT2D eigenvalue weighted by molar-refractivity contribution is 5.69. The number of phenolic OH excluding ortho intramolecular Hbond substituents is 1. The van der Waals surface area contributed by atoms with E-state index >= 15 is 0 Å². The summed E-state index contributed by atoms with van der Waals surface area (Å²) in [5.74, 6) is 0.175. The molecule has 0 aliphatic rings. The van der Waals surface area contributed by atoms with Gasteiger partial charge in [-0.15, -0.1) is 0 Å². The van der Waals surface area contributed by atoms with Crippen LogP contribution in [0.1, 0.15) is 0 Å². The van der Waals surface area contributed by atoms with E-state index in [9.17, 15) is 9.90 Å². The Hall–Kier alpha value is -3.01. The highest BCUT2D eigenvalue weighted by atomic mass is 16.3. The molecule has 1 heterocycles. The molecular weight excluding hydrogens is 264 g/mol. The van der Waals surface area contributed by atoms with E-state index in [4.69, 9.17) is 0 Å². The van der Waals surface area contributed by atoms with E-state index in [-0.39, 0.29) is 11.3 Å². The van der Waals surface area contributed by atoms with Crippen molar-refractivity contribution in [3.8, 4) is 16.9 Å². The fourth-order valence-electron chi connectivity index (χ4n) is 2.10. The molecule has 0 amide bonds. The van der Waals surface area contributed by atoms with Gasteiger partial charge in [-0.2, -0.15) is 0 Å². The highest BCUT2D eigenvalue weighted by Gasteiger charge is 2.05. The van der Waals surface area contributed by atoms with Crippen LogP contribution in [0.3, 0.4) is 0 Å². The zero-order valence-electron chi connectivity index (χ0n) is 11.2. The fraction of sp³-hybridized carbons (Fsp3) is 0. The van der Waals surface area contributed by atoms with Crippen molar-refractivity contribution in [3.05, 3.63) is 77.2 Å². The Balaban J connectivity index is 1.97. The summed E-state index contributed by atoms with van der Waals surface area (Å²) in [5, 5.41) is 12.6. The van der Waals surface area contributed by atoms with Gasteiger partial charge in [-0.1, -0.05) is 30.3 Å². The van der Waals surface area contributed by atoms with Crippen molar-refractivity contribution in [2.75, 3.05) is 5.32 Å². The molecule has 0 aliphatic heterocycles. The summed E-state index contributed by atoms with van der Waals surface area (Å²) in [4.78, 5) is 14.7. The number of rotatable bonds is 3. The number of para-hydroxylation sites is 1. The molecule has 2 aromatic carbocycles. The van der Waals surface area contributed by atoms with Crippen LogP contribution in [0.5, 0.6) is 5.75 Å². The molecule has 104 valence electrons. The third kappa shape index (κ3) is 2.95. The Kier molecular flexibility index (Phi) is 3.43. The molecule has 3 aromatic rings. The van der Waals surface area contributed by atoms with Crippen LogP contribution in [-0.4, -0.2) is 10.1 Å². The van der Waals surface area contributed by atoms with Crippen LogP contribution in [0.2, 0.25) is 0 Å². The van der Waals surface area contributed by atoms with Crippen molar-refractivity contribution in [3.63, 3.8) is 0 Å². The van der Waals surface area contributed by atoms with Crippen molar-refractivity contribution in [2.45, 2.75) is 0 Å². The minimum absolute atomic E-state index is 0.167. The summed E-state index contributed by atoms with van der Waals surface area (Å²) in [5.41, 5.74) is 2.88. The minimum atomic E-state index is -0.167. The normalized spacial score (nSPS) is 10.3. The quantitative estimate of drug-likeness (QED) is 0.687. The number of H-pyrrole nitrogens is 1. The SMILES string of the molecule is O=c1[nH]cc(Nc2ccccc2)cc1-c1ccc(O)cc1. The molecule has 3 rings (SSSR count). The predicted molar refractivity (Wildman–Crippen MR) is 83.9 cm³/mol. The van der Waals surface area contributed by atoms with Gasteiger partial charge in [0, 0.05) is 17.4 Å². The molecule has 0 radical (unpaired) electrons. The van der Waals surface area contributed by atoms with Crippen molar-refractivity contribution < 1.29 is 5.11 Å². The maximum absolute atomic E-state index is 12.0. The average molecular weight is 278 g/mol. The van der Waals surface area contributed by atoms with E-state index in [1.165, 1.54) is 0 Å². The molecule has 0 saturated carbocycles. The van der Waals surface area contributed by atoms with Gasteiger partial charge in [0.25, 0.3) is 5.56 Å². The Bertz CT molecular complexity index is 793. The van der Waals surface area contributed by atoms with Gasteiger partial charge in [0.15, 0.2) is 0 Å². The second-order valence-electron chi connectivity index (χ2n) is 4.67. The van der Waals surface area contributed by atoms with Gasteiger partial charge >= 0.3 is 0 Å². The Morgan fingerprint density at radius 3 is 2.33 bits per heavy atom. The summed E-state index contributed by atoms with van der Waals surface area (Å²) >= 11 is 0. The second kappa shape index (κ2) is 5.54. The van der Waals surface area contributed by atoms with Crippen LogP contribution in [0.4, 0.5) is 11.4 Å². The van der Waals surface area contributed by atoms with E-state index in [0.29, 0.717) is 5.56 Å². The monoisotopic (exact) mass is 278 g/mol. The summed E-state index contributed by atoms with van der Waals surface area (Å²) < 4.78 is 0. The Morgan fingerprint density at radius 1 is 0.905 bits per heavy atom. The summed E-state index contributed by atoms with van der Waals surface area (Å²) in [7, 11) is 0. The van der Waals surface area contributed by atoms with Crippen LogP contribution in [0.15, 0.2) is 71.7 Å². The van der Waals surface area contributed by atoms with Gasteiger partial charge in [-0.05, 0) is 35.9 Å². The fourth-order valence-corrected chi connectivity index (χ4v) is 2.10. The largest absolute Gasteiger partial charge is 0.508 e. The van der Waals surface area contributed by atoms with Crippen molar-refractivity contribution in [2.24, 2.45) is 0 Å². The van der Waals surface area contributed by atoms with Gasteiger partial charge in [0.1, 0.15) is 5.75 Å². The first-order valence-corrected chi connectivity index (χ1v) is 6.56. The molecule has 0 bridgehead atoms. The standard InChI is InChI=1S/C17H14N2O2/c20-15-8-6-12(7-9-15)16-10-14(11-18-17(16)21)19-13-4-2-1-3-5-13/h1-11,19-20H,(H,18,21). The Labute approximate surface area is 121 Å². The van der Waals surface area contributed by atoms with Crippen LogP contribution in [0, 0.1) is 0 Å². The lowest BCUT2D eigenvalue weighted by molar-refractivity contribution is 0.475. The lowest BCUT2D eigenvalue weighted by Gasteiger charge is -2.08. The zero-order chi connectivity index (χ0) is 14.7. The Morgan fingerprint density at radius 2 is 1.62 bits per heavy atom. The molecule has 21 heavy (non-hydrogen) atoms. The van der Waals surface area contributed by atoms with Crippen molar-refractivity contribution in [1.29, 1.82) is 0 Å². The second-order valence-corrected chi connectivity index (χ2v) is 4.67. The van der Waals surface area contributed by atoms with Crippen LogP contribution in [0.25, 0.3) is 11.1 Å². The zero-order valence-corrected chi connectivity index (χ0v) is 11.2. The third-order valence-corrected chi connectivity index (χ3v) is 3.14. The summed E-state index contributed by atoms with van der Waals surface area (Å²) in [6.45, 7) is 0. The molecule has 1 aromatic heterocycles. The van der Waals surface area contributed by atoms with Crippen molar-refractivity contribution in [1.82, 2.24) is 4.98 Å². The van der Waals surface area contributed by atoms with E-state index in [0.717, 1.165) is 16.9 Å². The highest BCUT2D eigenvalue weighted by Crippen LogP contribution is 2.22. The number of pyridine rings is 1. The number of hydrogen-bond acceptors (Lipinski definition) is 3. The third-order valence-electron chi connectivity index (χ3n) is 3.14. The topological polar surface area (TPSA) is 65.1 Å². The lowest BCUT2D eigenvalue weighted by atomic mass is 10.1. The molecule has 0 atom stereocenters. The summed E-state index contributed by atoms with van der Waals surface area (Å²) in [6.07, 6.45) is 1.64. The maximum atomic E-state index is 12.0. The molecule has 0 spiro atoms. The van der Waals surface area contributed by atoms with Gasteiger partial charge in [0.2, 0.25) is 0 Å². The van der Waals surface area contributed by atoms with Crippen LogP contribution < -0.4 is 10.9 Å². The van der Waals surface area contributed by atoms with Gasteiger partial charge in [-0.3, -0.25) is 4.79 Å². The molecular formula is C17H14N2O2. The lowest BCUT2D eigenvalue weighted by Crippen LogP contribution is -2.08. The number of phenols is 1. The molecule has 0 unspecified atom stereocenters. The number of nitrogens with one attached hydrogen (secondary N) is 2. The number of anilines is 2. The molecule has 3 N–H and O–H groups in total. The number of aromatic amines is 1. The molecule has 0 fully saturated rings. The first-order chi connectivity index (χ1) is 10.2. The molecule has 0 aliphatic carbocycles. The van der Waals surface area contributed by atoms with Gasteiger partial charge in [-0.25, -0.2) is 0 Å². The first-order valence-electron chi connectivity index (χ1n) is 6.56. The number of aromatic nitrogens is 1. The predicted octanol–water partition coefficient (Wildman–Crippen LogP) is 3.49. The number of hydrogen-bond donors (Lipinski definition) is 3. The van der Waals surface area contributed by atoms with E-state index in [1.54, 1.807) is 36.5 Å². The van der Waals surface area contributed by atoms with Crippen molar-refractivity contribution >= 4 is 11.4 Å². The van der Waals surface area contributed by atoms with Crippen LogP contribution in [-0.2, 0) is 0 Å². The minimum Gasteiger partial charge on any atom is -0.508 e. The summed E-state index contributed by atoms with van der Waals surface area (Å²) in [6, 6.07) is 18.1. The molecule has 4 nitrogen and oxygen atoms in total. The average Bonchev–Trinajstić information content (AvgIpc) is 2.51. The maximum Gasteiger partial charge on any atom is 0.255 e. The van der Waals surface area contributed by atoms with E-state index in [2.05, 4.69) is 10.3 Å². The van der Waals surface area contributed by atoms with E-state index < -0.39 is 0 Å². The smallest absolute Gasteiger partial charge is 0.255 e. The number of benzene rings is 2. The van der Waals surface area contributed by atoms with Gasteiger partial charge in [0.05, 0.1) is 5.69 Å². The number of aromatic hydroxyl groups is 1. The molecule has 0 saturated heterocycles.